The van der Waals surface area contributed by atoms with Crippen LogP contribution >= 0.6 is 0 Å². The molecule has 6 heteroatoms. The van der Waals surface area contributed by atoms with Crippen molar-refractivity contribution in [3.05, 3.63) is 48.3 Å². The molecule has 2 aromatic heterocycles. The van der Waals surface area contributed by atoms with Crippen molar-refractivity contribution in [2.45, 2.75) is 13.8 Å². The van der Waals surface area contributed by atoms with Gasteiger partial charge in [0.15, 0.2) is 0 Å². The number of aryl methyl sites for hydroxylation is 1. The average Bonchev–Trinajstić information content (AvgIpc) is 2.94. The molecule has 0 aliphatic rings. The van der Waals surface area contributed by atoms with Gasteiger partial charge in [0.25, 0.3) is 0 Å². The summed E-state index contributed by atoms with van der Waals surface area (Å²) in [7, 11) is 1.61. The molecule has 0 unspecified atom stereocenters. The van der Waals surface area contributed by atoms with Crippen LogP contribution in [0.2, 0.25) is 0 Å². The number of nitrogens with zero attached hydrogens (tertiary/aromatic N) is 2. The van der Waals surface area contributed by atoms with Gasteiger partial charge in [0.1, 0.15) is 19.0 Å². The zero-order valence-corrected chi connectivity index (χ0v) is 14.5. The molecule has 1 aromatic carbocycles. The lowest BCUT2D eigenvalue weighted by molar-refractivity contribution is -0.141. The van der Waals surface area contributed by atoms with E-state index in [2.05, 4.69) is 22.5 Å². The van der Waals surface area contributed by atoms with Crippen molar-refractivity contribution in [1.29, 1.82) is 0 Å². The van der Waals surface area contributed by atoms with Crippen molar-refractivity contribution in [2.24, 2.45) is 0 Å². The Morgan fingerprint density at radius 3 is 2.60 bits per heavy atom. The fraction of sp³-hybridized carbons (Fsp3) is 0.263. The van der Waals surface area contributed by atoms with E-state index in [1.807, 2.05) is 36.5 Å². The number of ether oxygens (including phenoxy) is 3. The van der Waals surface area contributed by atoms with E-state index in [0.717, 1.165) is 28.0 Å². The van der Waals surface area contributed by atoms with Crippen LogP contribution in [0.25, 0.3) is 16.6 Å². The number of methoxy groups -OCH3 is 1. The van der Waals surface area contributed by atoms with Crippen molar-refractivity contribution in [3.63, 3.8) is 0 Å². The van der Waals surface area contributed by atoms with Crippen LogP contribution in [0, 0.1) is 6.92 Å². The van der Waals surface area contributed by atoms with Gasteiger partial charge in [-0.15, -0.1) is 0 Å². The van der Waals surface area contributed by atoms with Crippen molar-refractivity contribution in [1.82, 2.24) is 9.55 Å². The van der Waals surface area contributed by atoms with Gasteiger partial charge in [0.05, 0.1) is 12.6 Å². The summed E-state index contributed by atoms with van der Waals surface area (Å²) >= 11 is 0. The normalized spacial score (nSPS) is 10.7. The van der Waals surface area contributed by atoms with E-state index in [-0.39, 0.29) is 12.6 Å². The van der Waals surface area contributed by atoms with Gasteiger partial charge < -0.3 is 18.8 Å². The van der Waals surface area contributed by atoms with Gasteiger partial charge in [0, 0.05) is 36.0 Å². The van der Waals surface area contributed by atoms with Crippen molar-refractivity contribution in [3.8, 4) is 17.3 Å². The zero-order chi connectivity index (χ0) is 17.8. The third kappa shape index (κ3) is 3.74. The molecule has 6 nitrogen and oxygen atoms in total. The molecule has 3 aromatic rings. The lowest BCUT2D eigenvalue weighted by Crippen LogP contribution is -2.09. The Bertz CT molecular complexity index is 884. The Morgan fingerprint density at radius 2 is 1.92 bits per heavy atom. The third-order valence-electron chi connectivity index (χ3n) is 3.81. The van der Waals surface area contributed by atoms with Crippen LogP contribution in [0.4, 0.5) is 0 Å². The van der Waals surface area contributed by atoms with E-state index in [1.54, 1.807) is 7.11 Å². The minimum Gasteiger partial charge on any atom is -0.490 e. The molecule has 0 amide bonds. The first kappa shape index (κ1) is 16.8. The Kier molecular flexibility index (Phi) is 4.88. The summed E-state index contributed by atoms with van der Waals surface area (Å²) in [6.07, 6.45) is 1.81. The molecule has 25 heavy (non-hydrogen) atoms. The number of esters is 1. The van der Waals surface area contributed by atoms with Crippen LogP contribution in [0.15, 0.2) is 42.6 Å². The Hall–Kier alpha value is -3.02. The standard InChI is InChI=1S/C19H20N2O4/c1-13-10-15-12-20-19(23-3)11-18(15)21(13)16-4-6-17(7-5-16)25-9-8-24-14(2)22/h4-7,10-12H,8-9H2,1-3H3. The Labute approximate surface area is 146 Å². The fourth-order valence-electron chi connectivity index (χ4n) is 2.71. The Morgan fingerprint density at radius 1 is 1.16 bits per heavy atom. The van der Waals surface area contributed by atoms with Crippen LogP contribution in [0.5, 0.6) is 11.6 Å². The second-order valence-corrected chi connectivity index (χ2v) is 5.59. The van der Waals surface area contributed by atoms with Gasteiger partial charge in [-0.25, -0.2) is 4.98 Å². The molecule has 0 radical (unpaired) electrons. The molecule has 0 spiro atoms. The number of carbonyl (C=O) groups is 1. The predicted molar refractivity (Wildman–Crippen MR) is 94.5 cm³/mol. The molecule has 0 bridgehead atoms. The van der Waals surface area contributed by atoms with Crippen LogP contribution < -0.4 is 9.47 Å². The molecule has 3 rings (SSSR count). The highest BCUT2D eigenvalue weighted by atomic mass is 16.6. The minimum absolute atomic E-state index is 0.241. The highest BCUT2D eigenvalue weighted by Crippen LogP contribution is 2.27. The topological polar surface area (TPSA) is 62.6 Å². The number of fused-ring (bicyclic) bond motifs is 1. The molecule has 2 heterocycles. The summed E-state index contributed by atoms with van der Waals surface area (Å²) in [5, 5.41) is 1.06. The predicted octanol–water partition coefficient (Wildman–Crippen LogP) is 3.28. The molecule has 0 N–H and O–H groups in total. The summed E-state index contributed by atoms with van der Waals surface area (Å²) in [5.41, 5.74) is 3.16. The summed E-state index contributed by atoms with van der Waals surface area (Å²) in [6, 6.07) is 11.8. The van der Waals surface area contributed by atoms with Crippen molar-refractivity contribution < 1.29 is 19.0 Å². The summed E-state index contributed by atoms with van der Waals surface area (Å²) < 4.78 is 17.8. The number of aromatic nitrogens is 2. The average molecular weight is 340 g/mol. The van der Waals surface area contributed by atoms with Gasteiger partial charge in [-0.1, -0.05) is 0 Å². The first-order chi connectivity index (χ1) is 12.1. The smallest absolute Gasteiger partial charge is 0.302 e. The van der Waals surface area contributed by atoms with Gasteiger partial charge in [0.2, 0.25) is 5.88 Å². The lowest BCUT2D eigenvalue weighted by atomic mass is 10.3. The van der Waals surface area contributed by atoms with E-state index in [0.29, 0.717) is 12.5 Å². The minimum atomic E-state index is -0.307. The number of hydrogen-bond donors (Lipinski definition) is 0. The lowest BCUT2D eigenvalue weighted by Gasteiger charge is -2.11. The number of rotatable bonds is 6. The molecule has 0 aliphatic heterocycles. The summed E-state index contributed by atoms with van der Waals surface area (Å²) in [6.45, 7) is 4.00. The largest absolute Gasteiger partial charge is 0.490 e. The van der Waals surface area contributed by atoms with Gasteiger partial charge >= 0.3 is 5.97 Å². The third-order valence-corrected chi connectivity index (χ3v) is 3.81. The zero-order valence-electron chi connectivity index (χ0n) is 14.5. The van der Waals surface area contributed by atoms with E-state index in [9.17, 15) is 4.79 Å². The van der Waals surface area contributed by atoms with Gasteiger partial charge in [-0.2, -0.15) is 0 Å². The molecule has 0 aliphatic carbocycles. The van der Waals surface area contributed by atoms with Crippen LogP contribution in [-0.2, 0) is 9.53 Å². The van der Waals surface area contributed by atoms with Crippen LogP contribution in [0.1, 0.15) is 12.6 Å². The molecule has 0 saturated heterocycles. The van der Waals surface area contributed by atoms with E-state index in [4.69, 9.17) is 14.2 Å². The number of hydrogen-bond acceptors (Lipinski definition) is 5. The first-order valence-corrected chi connectivity index (χ1v) is 7.97. The molecular weight excluding hydrogens is 320 g/mol. The van der Waals surface area contributed by atoms with E-state index < -0.39 is 0 Å². The van der Waals surface area contributed by atoms with E-state index >= 15 is 0 Å². The monoisotopic (exact) mass is 340 g/mol. The van der Waals surface area contributed by atoms with Gasteiger partial charge in [-0.3, -0.25) is 4.79 Å². The van der Waals surface area contributed by atoms with E-state index in [1.165, 1.54) is 6.92 Å². The maximum absolute atomic E-state index is 10.7. The highest BCUT2D eigenvalue weighted by molar-refractivity contribution is 5.83. The number of pyridine rings is 1. The SMILES string of the molecule is COc1cc2c(cn1)cc(C)n2-c1ccc(OCCOC(C)=O)cc1. The molecule has 0 fully saturated rings. The Balaban J connectivity index is 1.81. The highest BCUT2D eigenvalue weighted by Gasteiger charge is 2.09. The second-order valence-electron chi connectivity index (χ2n) is 5.59. The summed E-state index contributed by atoms with van der Waals surface area (Å²) in [4.78, 5) is 15.0. The van der Waals surface area contributed by atoms with Crippen molar-refractivity contribution in [2.75, 3.05) is 20.3 Å². The molecule has 130 valence electrons. The molecule has 0 saturated carbocycles. The summed E-state index contributed by atoms with van der Waals surface area (Å²) in [5.74, 6) is 1.00. The maximum Gasteiger partial charge on any atom is 0.302 e. The second kappa shape index (κ2) is 7.25. The van der Waals surface area contributed by atoms with Crippen LogP contribution in [0.3, 0.4) is 0 Å². The van der Waals surface area contributed by atoms with Gasteiger partial charge in [-0.05, 0) is 37.3 Å². The first-order valence-electron chi connectivity index (χ1n) is 7.97. The van der Waals surface area contributed by atoms with Crippen molar-refractivity contribution >= 4 is 16.9 Å². The number of carbonyl (C=O) groups excluding carboxylic acids is 1. The number of benzene rings is 1. The quantitative estimate of drug-likeness (QED) is 0.509. The molecule has 0 atom stereocenters. The fourth-order valence-corrected chi connectivity index (χ4v) is 2.71. The molecular formula is C19H20N2O4. The van der Waals surface area contributed by atoms with Crippen LogP contribution in [-0.4, -0.2) is 35.8 Å². The maximum atomic E-state index is 10.7.